The SMILES string of the molecule is CSc1ncc(C(=O)NCc2cccc(Cn3ccnc3)c2)n1-c1ccccc1. The van der Waals surface area contributed by atoms with E-state index < -0.39 is 0 Å². The maximum absolute atomic E-state index is 12.9. The molecule has 29 heavy (non-hydrogen) atoms. The molecule has 0 radical (unpaired) electrons. The lowest BCUT2D eigenvalue weighted by Crippen LogP contribution is -2.25. The van der Waals surface area contributed by atoms with Crippen LogP contribution in [0.3, 0.4) is 0 Å². The highest BCUT2D eigenvalue weighted by atomic mass is 32.2. The van der Waals surface area contributed by atoms with Crippen LogP contribution in [0.1, 0.15) is 21.6 Å². The third-order valence-corrected chi connectivity index (χ3v) is 5.18. The monoisotopic (exact) mass is 403 g/mol. The van der Waals surface area contributed by atoms with Crippen molar-refractivity contribution >= 4 is 17.7 Å². The molecule has 1 N–H and O–H groups in total. The fourth-order valence-corrected chi connectivity index (χ4v) is 3.71. The maximum atomic E-state index is 12.9. The van der Waals surface area contributed by atoms with E-state index in [1.807, 2.05) is 64.1 Å². The van der Waals surface area contributed by atoms with E-state index in [9.17, 15) is 4.79 Å². The Kier molecular flexibility index (Phi) is 5.76. The number of nitrogens with one attached hydrogen (secondary N) is 1. The van der Waals surface area contributed by atoms with E-state index in [0.29, 0.717) is 12.2 Å². The first-order valence-corrected chi connectivity index (χ1v) is 10.5. The largest absolute Gasteiger partial charge is 0.347 e. The van der Waals surface area contributed by atoms with E-state index >= 15 is 0 Å². The Morgan fingerprint density at radius 3 is 2.69 bits per heavy atom. The Hall–Kier alpha value is -3.32. The summed E-state index contributed by atoms with van der Waals surface area (Å²) in [7, 11) is 0. The van der Waals surface area contributed by atoms with E-state index in [0.717, 1.165) is 28.5 Å². The predicted octanol–water partition coefficient (Wildman–Crippen LogP) is 3.77. The van der Waals surface area contributed by atoms with Gasteiger partial charge in [0, 0.05) is 31.2 Å². The number of nitrogens with zero attached hydrogens (tertiary/aromatic N) is 4. The summed E-state index contributed by atoms with van der Waals surface area (Å²) in [6.45, 7) is 1.20. The Morgan fingerprint density at radius 2 is 1.93 bits per heavy atom. The standard InChI is InChI=1S/C22H21N5OS/c1-29-22-25-14-20(27(22)19-8-3-2-4-9-19)21(28)24-13-17-6-5-7-18(12-17)15-26-11-10-23-16-26/h2-12,14,16H,13,15H2,1H3,(H,24,28). The van der Waals surface area contributed by atoms with Gasteiger partial charge in [-0.1, -0.05) is 54.2 Å². The van der Waals surface area contributed by atoms with E-state index in [1.54, 1.807) is 18.7 Å². The predicted molar refractivity (Wildman–Crippen MR) is 114 cm³/mol. The van der Waals surface area contributed by atoms with Gasteiger partial charge in [0.05, 0.1) is 12.5 Å². The quantitative estimate of drug-likeness (QED) is 0.477. The average Bonchev–Trinajstić information content (AvgIpc) is 3.42. The zero-order valence-corrected chi connectivity index (χ0v) is 16.8. The van der Waals surface area contributed by atoms with Gasteiger partial charge in [-0.05, 0) is 29.5 Å². The van der Waals surface area contributed by atoms with E-state index in [-0.39, 0.29) is 5.91 Å². The number of hydrogen-bond acceptors (Lipinski definition) is 4. The van der Waals surface area contributed by atoms with Gasteiger partial charge in [0.1, 0.15) is 5.69 Å². The van der Waals surface area contributed by atoms with Crippen molar-refractivity contribution in [1.82, 2.24) is 24.4 Å². The Bertz CT molecular complexity index is 1090. The topological polar surface area (TPSA) is 64.7 Å². The number of benzene rings is 2. The van der Waals surface area contributed by atoms with Crippen LogP contribution in [0.15, 0.2) is 84.7 Å². The summed E-state index contributed by atoms with van der Waals surface area (Å²) in [6.07, 6.45) is 9.08. The van der Waals surface area contributed by atoms with Crippen LogP contribution in [-0.2, 0) is 13.1 Å². The van der Waals surface area contributed by atoms with Crippen LogP contribution in [0.5, 0.6) is 0 Å². The number of thioether (sulfide) groups is 1. The molecule has 0 bridgehead atoms. The van der Waals surface area contributed by atoms with E-state index in [2.05, 4.69) is 27.4 Å². The Labute approximate surface area is 173 Å². The lowest BCUT2D eigenvalue weighted by molar-refractivity contribution is 0.0943. The molecule has 2 heterocycles. The number of amides is 1. The van der Waals surface area contributed by atoms with Crippen LogP contribution in [-0.4, -0.2) is 31.3 Å². The molecule has 0 saturated carbocycles. The van der Waals surface area contributed by atoms with Gasteiger partial charge in [-0.3, -0.25) is 9.36 Å². The van der Waals surface area contributed by atoms with Crippen molar-refractivity contribution in [3.63, 3.8) is 0 Å². The number of imidazole rings is 2. The molecular formula is C22H21N5OS. The van der Waals surface area contributed by atoms with Crippen molar-refractivity contribution < 1.29 is 4.79 Å². The minimum absolute atomic E-state index is 0.151. The van der Waals surface area contributed by atoms with Crippen molar-refractivity contribution in [3.05, 3.63) is 96.3 Å². The van der Waals surface area contributed by atoms with Gasteiger partial charge in [-0.25, -0.2) is 9.97 Å². The smallest absolute Gasteiger partial charge is 0.270 e. The van der Waals surface area contributed by atoms with Crippen LogP contribution in [0.4, 0.5) is 0 Å². The van der Waals surface area contributed by atoms with Crippen molar-refractivity contribution in [1.29, 1.82) is 0 Å². The number of rotatable bonds is 7. The zero-order valence-electron chi connectivity index (χ0n) is 16.0. The van der Waals surface area contributed by atoms with Gasteiger partial charge in [0.15, 0.2) is 5.16 Å². The number of carbonyl (C=O) groups is 1. The molecule has 2 aromatic carbocycles. The number of aromatic nitrogens is 4. The molecule has 7 heteroatoms. The first-order valence-electron chi connectivity index (χ1n) is 9.23. The molecule has 4 rings (SSSR count). The first-order chi connectivity index (χ1) is 14.2. The zero-order chi connectivity index (χ0) is 20.1. The summed E-state index contributed by atoms with van der Waals surface area (Å²) in [4.78, 5) is 21.4. The van der Waals surface area contributed by atoms with Gasteiger partial charge < -0.3 is 9.88 Å². The number of carbonyl (C=O) groups excluding carboxylic acids is 1. The van der Waals surface area contributed by atoms with E-state index in [4.69, 9.17) is 0 Å². The minimum atomic E-state index is -0.151. The lowest BCUT2D eigenvalue weighted by atomic mass is 10.1. The third-order valence-electron chi connectivity index (χ3n) is 4.53. The van der Waals surface area contributed by atoms with E-state index in [1.165, 1.54) is 11.8 Å². The second-order valence-corrected chi connectivity index (χ2v) is 7.31. The van der Waals surface area contributed by atoms with Gasteiger partial charge in [0.25, 0.3) is 5.91 Å². The highest BCUT2D eigenvalue weighted by Crippen LogP contribution is 2.21. The molecule has 0 aliphatic rings. The van der Waals surface area contributed by atoms with Crippen molar-refractivity contribution in [2.45, 2.75) is 18.2 Å². The summed E-state index contributed by atoms with van der Waals surface area (Å²) < 4.78 is 3.90. The molecule has 146 valence electrons. The molecule has 0 aliphatic heterocycles. The van der Waals surface area contributed by atoms with Gasteiger partial charge >= 0.3 is 0 Å². The Morgan fingerprint density at radius 1 is 1.10 bits per heavy atom. The number of hydrogen-bond donors (Lipinski definition) is 1. The summed E-state index contributed by atoms with van der Waals surface area (Å²) in [5.74, 6) is -0.151. The fourth-order valence-electron chi connectivity index (χ4n) is 3.17. The van der Waals surface area contributed by atoms with Crippen LogP contribution in [0.2, 0.25) is 0 Å². The number of para-hydroxylation sites is 1. The van der Waals surface area contributed by atoms with Crippen LogP contribution < -0.4 is 5.32 Å². The normalized spacial score (nSPS) is 10.8. The average molecular weight is 404 g/mol. The molecule has 2 aromatic heterocycles. The highest BCUT2D eigenvalue weighted by molar-refractivity contribution is 7.98. The fraction of sp³-hybridized carbons (Fsp3) is 0.136. The summed E-state index contributed by atoms with van der Waals surface area (Å²) in [6, 6.07) is 18.0. The lowest BCUT2D eigenvalue weighted by Gasteiger charge is -2.12. The van der Waals surface area contributed by atoms with Gasteiger partial charge in [-0.15, -0.1) is 0 Å². The van der Waals surface area contributed by atoms with Crippen LogP contribution in [0.25, 0.3) is 5.69 Å². The highest BCUT2D eigenvalue weighted by Gasteiger charge is 2.17. The van der Waals surface area contributed by atoms with Crippen LogP contribution >= 0.6 is 11.8 Å². The Balaban J connectivity index is 1.49. The molecule has 0 aliphatic carbocycles. The first kappa shape index (κ1) is 19.0. The molecule has 0 atom stereocenters. The second kappa shape index (κ2) is 8.79. The summed E-state index contributed by atoms with van der Waals surface area (Å²) in [5, 5.41) is 3.80. The molecule has 1 amide bonds. The molecule has 0 fully saturated rings. The maximum Gasteiger partial charge on any atom is 0.270 e. The molecule has 0 saturated heterocycles. The van der Waals surface area contributed by atoms with Crippen molar-refractivity contribution in [3.8, 4) is 5.69 Å². The molecule has 0 spiro atoms. The third kappa shape index (κ3) is 4.41. The van der Waals surface area contributed by atoms with Gasteiger partial charge in [-0.2, -0.15) is 0 Å². The van der Waals surface area contributed by atoms with Gasteiger partial charge in [0.2, 0.25) is 0 Å². The van der Waals surface area contributed by atoms with Crippen LogP contribution in [0, 0.1) is 0 Å². The molecule has 6 nitrogen and oxygen atoms in total. The summed E-state index contributed by atoms with van der Waals surface area (Å²) in [5.41, 5.74) is 3.65. The molecule has 4 aromatic rings. The van der Waals surface area contributed by atoms with Crippen molar-refractivity contribution in [2.24, 2.45) is 0 Å². The second-order valence-electron chi connectivity index (χ2n) is 6.54. The molecular weight excluding hydrogens is 382 g/mol. The van der Waals surface area contributed by atoms with Crippen molar-refractivity contribution in [2.75, 3.05) is 6.26 Å². The minimum Gasteiger partial charge on any atom is -0.347 e. The molecule has 0 unspecified atom stereocenters. The summed E-state index contributed by atoms with van der Waals surface area (Å²) >= 11 is 1.51.